The van der Waals surface area contributed by atoms with Crippen LogP contribution in [-0.4, -0.2) is 26.3 Å². The molecule has 2 heteroatoms. The summed E-state index contributed by atoms with van der Waals surface area (Å²) in [6, 6.07) is 0. The lowest BCUT2D eigenvalue weighted by Crippen LogP contribution is -2.47. The van der Waals surface area contributed by atoms with Crippen LogP contribution < -0.4 is 5.32 Å². The molecule has 0 bridgehead atoms. The van der Waals surface area contributed by atoms with Crippen LogP contribution in [-0.2, 0) is 4.74 Å². The molecule has 0 amide bonds. The second-order valence-electron chi connectivity index (χ2n) is 4.22. The Balaban J connectivity index is 2.06. The third kappa shape index (κ3) is 2.95. The van der Waals surface area contributed by atoms with Gasteiger partial charge in [-0.05, 0) is 13.8 Å². The summed E-state index contributed by atoms with van der Waals surface area (Å²) in [4.78, 5) is 0. The fourth-order valence-electron chi connectivity index (χ4n) is 1.20. The smallest absolute Gasteiger partial charge is 0.0554 e. The fourth-order valence-corrected chi connectivity index (χ4v) is 1.20. The highest BCUT2D eigenvalue weighted by Crippen LogP contribution is 2.24. The van der Waals surface area contributed by atoms with Crippen LogP contribution in [0.15, 0.2) is 11.6 Å². The lowest BCUT2D eigenvalue weighted by atomic mass is 9.89. The van der Waals surface area contributed by atoms with E-state index in [4.69, 9.17) is 4.74 Å². The van der Waals surface area contributed by atoms with Crippen LogP contribution in [0.4, 0.5) is 0 Å². The van der Waals surface area contributed by atoms with Crippen LogP contribution in [0.5, 0.6) is 0 Å². The van der Waals surface area contributed by atoms with Crippen molar-refractivity contribution in [2.75, 3.05) is 26.3 Å². The summed E-state index contributed by atoms with van der Waals surface area (Å²) in [7, 11) is 0. The van der Waals surface area contributed by atoms with Crippen LogP contribution >= 0.6 is 0 Å². The van der Waals surface area contributed by atoms with Gasteiger partial charge >= 0.3 is 0 Å². The molecule has 1 heterocycles. The summed E-state index contributed by atoms with van der Waals surface area (Å²) in [5.41, 5.74) is 1.77. The van der Waals surface area contributed by atoms with E-state index in [1.807, 2.05) is 0 Å². The lowest BCUT2D eigenvalue weighted by molar-refractivity contribution is -0.0986. The van der Waals surface area contributed by atoms with Crippen molar-refractivity contribution in [3.63, 3.8) is 0 Å². The molecule has 0 aromatic carbocycles. The van der Waals surface area contributed by atoms with Crippen molar-refractivity contribution in [1.29, 1.82) is 0 Å². The van der Waals surface area contributed by atoms with E-state index in [0.717, 1.165) is 26.3 Å². The van der Waals surface area contributed by atoms with Gasteiger partial charge in [0.2, 0.25) is 0 Å². The first-order valence-electron chi connectivity index (χ1n) is 4.54. The van der Waals surface area contributed by atoms with Crippen molar-refractivity contribution < 1.29 is 4.74 Å². The van der Waals surface area contributed by atoms with Gasteiger partial charge in [0.05, 0.1) is 13.2 Å². The number of allylic oxidation sites excluding steroid dienone is 1. The summed E-state index contributed by atoms with van der Waals surface area (Å²) >= 11 is 0. The molecule has 1 N–H and O–H groups in total. The van der Waals surface area contributed by atoms with Gasteiger partial charge in [-0.25, -0.2) is 0 Å². The zero-order valence-corrected chi connectivity index (χ0v) is 8.31. The maximum atomic E-state index is 5.16. The number of rotatable bonds is 4. The Kier molecular flexibility index (Phi) is 3.29. The first-order chi connectivity index (χ1) is 5.62. The Morgan fingerprint density at radius 2 is 2.17 bits per heavy atom. The number of nitrogens with one attached hydrogen (secondary N) is 1. The Labute approximate surface area is 75.0 Å². The van der Waals surface area contributed by atoms with E-state index in [2.05, 4.69) is 32.2 Å². The molecule has 70 valence electrons. The van der Waals surface area contributed by atoms with E-state index < -0.39 is 0 Å². The molecule has 0 saturated carbocycles. The molecule has 0 aliphatic carbocycles. The summed E-state index contributed by atoms with van der Waals surface area (Å²) < 4.78 is 5.16. The van der Waals surface area contributed by atoms with Crippen molar-refractivity contribution in [3.8, 4) is 0 Å². The third-order valence-corrected chi connectivity index (χ3v) is 2.11. The van der Waals surface area contributed by atoms with Crippen LogP contribution in [0.25, 0.3) is 0 Å². The molecule has 1 fully saturated rings. The van der Waals surface area contributed by atoms with Crippen molar-refractivity contribution in [2.45, 2.75) is 20.8 Å². The molecule has 0 spiro atoms. The summed E-state index contributed by atoms with van der Waals surface area (Å²) in [6.07, 6.45) is 2.21. The van der Waals surface area contributed by atoms with Gasteiger partial charge in [0.25, 0.3) is 0 Å². The number of ether oxygens (including phenoxy) is 1. The van der Waals surface area contributed by atoms with Crippen molar-refractivity contribution >= 4 is 0 Å². The van der Waals surface area contributed by atoms with Gasteiger partial charge in [0.15, 0.2) is 0 Å². The van der Waals surface area contributed by atoms with E-state index in [0.29, 0.717) is 5.41 Å². The first kappa shape index (κ1) is 9.75. The highest BCUT2D eigenvalue weighted by Gasteiger charge is 2.32. The molecule has 1 saturated heterocycles. The van der Waals surface area contributed by atoms with Gasteiger partial charge in [-0.1, -0.05) is 18.6 Å². The molecular weight excluding hydrogens is 150 g/mol. The molecule has 0 aromatic heterocycles. The Morgan fingerprint density at radius 3 is 2.58 bits per heavy atom. The molecule has 2 nitrogen and oxygen atoms in total. The van der Waals surface area contributed by atoms with Crippen molar-refractivity contribution in [1.82, 2.24) is 5.32 Å². The van der Waals surface area contributed by atoms with E-state index in [-0.39, 0.29) is 0 Å². The first-order valence-corrected chi connectivity index (χ1v) is 4.54. The standard InChI is InChI=1S/C10H19NO/c1-9(2)4-5-11-6-10(3)7-12-8-10/h4,11H,5-8H2,1-3H3. The van der Waals surface area contributed by atoms with E-state index in [1.54, 1.807) is 0 Å². The topological polar surface area (TPSA) is 21.3 Å². The second kappa shape index (κ2) is 4.06. The molecular formula is C10H19NO. The quantitative estimate of drug-likeness (QED) is 0.509. The number of hydrogen-bond donors (Lipinski definition) is 1. The average Bonchev–Trinajstić information content (AvgIpc) is 1.94. The van der Waals surface area contributed by atoms with Crippen LogP contribution in [0, 0.1) is 5.41 Å². The van der Waals surface area contributed by atoms with Gasteiger partial charge in [0, 0.05) is 18.5 Å². The summed E-state index contributed by atoms with van der Waals surface area (Å²) in [6.45, 7) is 10.4. The third-order valence-electron chi connectivity index (χ3n) is 2.11. The predicted molar refractivity (Wildman–Crippen MR) is 51.2 cm³/mol. The maximum Gasteiger partial charge on any atom is 0.0554 e. The van der Waals surface area contributed by atoms with Gasteiger partial charge in [-0.2, -0.15) is 0 Å². The molecule has 1 rings (SSSR count). The largest absolute Gasteiger partial charge is 0.380 e. The van der Waals surface area contributed by atoms with Gasteiger partial charge in [-0.15, -0.1) is 0 Å². The number of hydrogen-bond acceptors (Lipinski definition) is 2. The highest BCUT2D eigenvalue weighted by atomic mass is 16.5. The van der Waals surface area contributed by atoms with Gasteiger partial charge < -0.3 is 10.1 Å². The van der Waals surface area contributed by atoms with Crippen LogP contribution in [0.3, 0.4) is 0 Å². The summed E-state index contributed by atoms with van der Waals surface area (Å²) in [5, 5.41) is 3.40. The van der Waals surface area contributed by atoms with Crippen LogP contribution in [0.2, 0.25) is 0 Å². The van der Waals surface area contributed by atoms with Crippen molar-refractivity contribution in [3.05, 3.63) is 11.6 Å². The van der Waals surface area contributed by atoms with Crippen molar-refractivity contribution in [2.24, 2.45) is 5.41 Å². The SMILES string of the molecule is CC(C)=CCNCC1(C)COC1. The van der Waals surface area contributed by atoms with Gasteiger partial charge in [0.1, 0.15) is 0 Å². The minimum atomic E-state index is 0.398. The minimum Gasteiger partial charge on any atom is -0.380 e. The van der Waals surface area contributed by atoms with E-state index in [1.165, 1.54) is 5.57 Å². The van der Waals surface area contributed by atoms with Gasteiger partial charge in [-0.3, -0.25) is 0 Å². The zero-order valence-electron chi connectivity index (χ0n) is 8.31. The molecule has 0 aromatic rings. The molecule has 1 aliphatic rings. The second-order valence-corrected chi connectivity index (χ2v) is 4.22. The highest BCUT2D eigenvalue weighted by molar-refractivity contribution is 4.95. The molecule has 0 radical (unpaired) electrons. The predicted octanol–water partition coefficient (Wildman–Crippen LogP) is 1.58. The van der Waals surface area contributed by atoms with E-state index >= 15 is 0 Å². The molecule has 1 aliphatic heterocycles. The normalized spacial score (nSPS) is 19.9. The maximum absolute atomic E-state index is 5.16. The lowest BCUT2D eigenvalue weighted by Gasteiger charge is -2.38. The fraction of sp³-hybridized carbons (Fsp3) is 0.800. The molecule has 0 atom stereocenters. The monoisotopic (exact) mass is 169 g/mol. The zero-order chi connectivity index (χ0) is 9.03. The Bertz CT molecular complexity index is 167. The minimum absolute atomic E-state index is 0.398. The molecule has 12 heavy (non-hydrogen) atoms. The Morgan fingerprint density at radius 1 is 1.50 bits per heavy atom. The Hall–Kier alpha value is -0.340. The summed E-state index contributed by atoms with van der Waals surface area (Å²) in [5.74, 6) is 0. The van der Waals surface area contributed by atoms with Crippen LogP contribution in [0.1, 0.15) is 20.8 Å². The van der Waals surface area contributed by atoms with E-state index in [9.17, 15) is 0 Å². The molecule has 0 unspecified atom stereocenters. The average molecular weight is 169 g/mol.